The fraction of sp³-hybridized carbons (Fsp3) is 0.118. The van der Waals surface area contributed by atoms with Gasteiger partial charge in [-0.2, -0.15) is 11.3 Å². The molecule has 8 heteroatoms. The number of rotatable bonds is 5. The van der Waals surface area contributed by atoms with Crippen molar-refractivity contribution >= 4 is 29.0 Å². The first-order chi connectivity index (χ1) is 12.1. The highest BCUT2D eigenvalue weighted by Gasteiger charge is 2.17. The lowest BCUT2D eigenvalue weighted by molar-refractivity contribution is -0.136. The first-order valence-corrected chi connectivity index (χ1v) is 8.38. The van der Waals surface area contributed by atoms with Gasteiger partial charge in [0.25, 0.3) is 0 Å². The van der Waals surface area contributed by atoms with Gasteiger partial charge in [-0.15, -0.1) is 0 Å². The molecule has 1 aromatic carbocycles. The molecule has 0 saturated carbocycles. The Balaban J connectivity index is 1.52. The van der Waals surface area contributed by atoms with Crippen LogP contribution in [0.4, 0.5) is 5.82 Å². The van der Waals surface area contributed by atoms with Crippen LogP contribution in [0.1, 0.15) is 11.7 Å². The number of aliphatic hydroxyl groups excluding tert-OH is 1. The number of aromatic nitrogens is 1. The Kier molecular flexibility index (Phi) is 5.22. The van der Waals surface area contributed by atoms with Crippen LogP contribution in [-0.4, -0.2) is 28.6 Å². The molecular formula is C17H15N3O4S. The van der Waals surface area contributed by atoms with Crippen molar-refractivity contribution < 1.29 is 19.2 Å². The van der Waals surface area contributed by atoms with Gasteiger partial charge in [0.2, 0.25) is 0 Å². The van der Waals surface area contributed by atoms with E-state index in [0.29, 0.717) is 5.56 Å². The van der Waals surface area contributed by atoms with Gasteiger partial charge in [0.1, 0.15) is 6.26 Å². The minimum atomic E-state index is -0.916. The third-order valence-electron chi connectivity index (χ3n) is 3.49. The molecule has 7 nitrogen and oxygen atoms in total. The lowest BCUT2D eigenvalue weighted by atomic mass is 10.0. The highest BCUT2D eigenvalue weighted by molar-refractivity contribution is 7.08. The standard InChI is InChI=1S/C17H15N3O4S/c21-14(9-18-16(22)17(23)19-15-5-7-24-20-15)12-3-1-11(2-4-12)13-6-8-25-10-13/h1-8,10,14,21H,9H2,(H,18,22)(H,19,20,23)/t14-/m1/s1. The van der Waals surface area contributed by atoms with Crippen LogP contribution < -0.4 is 10.6 Å². The maximum atomic E-state index is 11.7. The molecule has 2 amide bonds. The molecule has 3 aromatic rings. The predicted octanol–water partition coefficient (Wildman–Crippen LogP) is 2.19. The Hall–Kier alpha value is -2.97. The molecule has 0 spiro atoms. The molecule has 0 aliphatic rings. The zero-order valence-corrected chi connectivity index (χ0v) is 13.8. The van der Waals surface area contributed by atoms with Crippen molar-refractivity contribution in [3.63, 3.8) is 0 Å². The molecule has 2 heterocycles. The second-order valence-electron chi connectivity index (χ2n) is 5.20. The Labute approximate surface area is 147 Å². The SMILES string of the molecule is O=C(NC[C@@H](O)c1ccc(-c2ccsc2)cc1)C(=O)Nc1ccon1. The van der Waals surface area contributed by atoms with Crippen LogP contribution in [0.3, 0.4) is 0 Å². The van der Waals surface area contributed by atoms with E-state index in [-0.39, 0.29) is 12.4 Å². The van der Waals surface area contributed by atoms with Crippen molar-refractivity contribution in [2.24, 2.45) is 0 Å². The molecule has 0 unspecified atom stereocenters. The van der Waals surface area contributed by atoms with Gasteiger partial charge in [-0.3, -0.25) is 14.9 Å². The molecule has 128 valence electrons. The van der Waals surface area contributed by atoms with Crippen LogP contribution in [-0.2, 0) is 9.59 Å². The van der Waals surface area contributed by atoms with Gasteiger partial charge < -0.3 is 14.9 Å². The average molecular weight is 357 g/mol. The lowest BCUT2D eigenvalue weighted by Crippen LogP contribution is -2.37. The van der Waals surface area contributed by atoms with Gasteiger partial charge in [-0.05, 0) is 33.5 Å². The largest absolute Gasteiger partial charge is 0.387 e. The van der Waals surface area contributed by atoms with Crippen LogP contribution in [0.15, 0.2) is 57.9 Å². The summed E-state index contributed by atoms with van der Waals surface area (Å²) in [6.45, 7) is -0.0805. The van der Waals surface area contributed by atoms with Crippen LogP contribution in [0.2, 0.25) is 0 Å². The van der Waals surface area contributed by atoms with Crippen LogP contribution >= 0.6 is 11.3 Å². The molecule has 0 radical (unpaired) electrons. The molecule has 3 N–H and O–H groups in total. The van der Waals surface area contributed by atoms with Gasteiger partial charge in [0.05, 0.1) is 6.10 Å². The van der Waals surface area contributed by atoms with E-state index in [2.05, 4.69) is 20.3 Å². The zero-order chi connectivity index (χ0) is 17.6. The minimum absolute atomic E-state index is 0.0805. The Morgan fingerprint density at radius 3 is 2.56 bits per heavy atom. The van der Waals surface area contributed by atoms with E-state index in [9.17, 15) is 14.7 Å². The molecule has 2 aromatic heterocycles. The normalized spacial score (nSPS) is 11.7. The Bertz CT molecular complexity index is 829. The first-order valence-electron chi connectivity index (χ1n) is 7.43. The van der Waals surface area contributed by atoms with Crippen molar-refractivity contribution in [3.8, 4) is 11.1 Å². The van der Waals surface area contributed by atoms with Crippen molar-refractivity contribution in [1.82, 2.24) is 10.5 Å². The van der Waals surface area contributed by atoms with Gasteiger partial charge in [-0.25, -0.2) is 0 Å². The summed E-state index contributed by atoms with van der Waals surface area (Å²) in [6, 6.07) is 10.8. The van der Waals surface area contributed by atoms with Gasteiger partial charge in [-0.1, -0.05) is 29.4 Å². The third kappa shape index (κ3) is 4.31. The Morgan fingerprint density at radius 1 is 1.12 bits per heavy atom. The number of nitrogens with zero attached hydrogens (tertiary/aromatic N) is 1. The van der Waals surface area contributed by atoms with Crippen molar-refractivity contribution in [1.29, 1.82) is 0 Å². The fourth-order valence-electron chi connectivity index (χ4n) is 2.16. The lowest BCUT2D eigenvalue weighted by Gasteiger charge is -2.12. The smallest absolute Gasteiger partial charge is 0.314 e. The number of hydrogen-bond acceptors (Lipinski definition) is 6. The molecule has 0 aliphatic carbocycles. The van der Waals surface area contributed by atoms with Gasteiger partial charge in [0.15, 0.2) is 5.82 Å². The van der Waals surface area contributed by atoms with E-state index in [1.54, 1.807) is 23.5 Å². The number of benzene rings is 1. The van der Waals surface area contributed by atoms with Crippen LogP contribution in [0, 0.1) is 0 Å². The summed E-state index contributed by atoms with van der Waals surface area (Å²) in [4.78, 5) is 23.4. The second-order valence-corrected chi connectivity index (χ2v) is 5.98. The number of thiophene rings is 1. The van der Waals surface area contributed by atoms with E-state index in [1.807, 2.05) is 29.0 Å². The summed E-state index contributed by atoms with van der Waals surface area (Å²) in [5.41, 5.74) is 2.81. The maximum Gasteiger partial charge on any atom is 0.314 e. The number of nitrogens with one attached hydrogen (secondary N) is 2. The molecule has 3 rings (SSSR count). The molecule has 1 atom stereocenters. The van der Waals surface area contributed by atoms with E-state index in [4.69, 9.17) is 0 Å². The highest BCUT2D eigenvalue weighted by Crippen LogP contribution is 2.23. The fourth-order valence-corrected chi connectivity index (χ4v) is 2.83. The number of aliphatic hydroxyl groups is 1. The van der Waals surface area contributed by atoms with Crippen molar-refractivity contribution in [3.05, 3.63) is 59.0 Å². The summed E-state index contributed by atoms with van der Waals surface area (Å²) in [5.74, 6) is -1.60. The van der Waals surface area contributed by atoms with E-state index < -0.39 is 17.9 Å². The number of carbonyl (C=O) groups is 2. The summed E-state index contributed by atoms with van der Waals surface area (Å²) in [6.07, 6.45) is 0.358. The molecule has 0 saturated heterocycles. The number of amides is 2. The third-order valence-corrected chi connectivity index (χ3v) is 4.17. The second kappa shape index (κ2) is 7.73. The highest BCUT2D eigenvalue weighted by atomic mass is 32.1. The van der Waals surface area contributed by atoms with Gasteiger partial charge in [0, 0.05) is 12.6 Å². The summed E-state index contributed by atoms with van der Waals surface area (Å²) in [5, 5.41) is 22.3. The van der Waals surface area contributed by atoms with Crippen LogP contribution in [0.5, 0.6) is 0 Å². The molecule has 0 bridgehead atoms. The van der Waals surface area contributed by atoms with E-state index in [0.717, 1.165) is 11.1 Å². The molecule has 0 fully saturated rings. The average Bonchev–Trinajstić information content (AvgIpc) is 3.33. The van der Waals surface area contributed by atoms with Crippen molar-refractivity contribution in [2.75, 3.05) is 11.9 Å². The summed E-state index contributed by atoms with van der Waals surface area (Å²) in [7, 11) is 0. The topological polar surface area (TPSA) is 104 Å². The summed E-state index contributed by atoms with van der Waals surface area (Å²) < 4.78 is 4.55. The monoisotopic (exact) mass is 357 g/mol. The number of anilines is 1. The predicted molar refractivity (Wildman–Crippen MR) is 92.9 cm³/mol. The zero-order valence-electron chi connectivity index (χ0n) is 13.0. The number of carbonyl (C=O) groups excluding carboxylic acids is 2. The first kappa shape index (κ1) is 16.9. The molecule has 0 aliphatic heterocycles. The minimum Gasteiger partial charge on any atom is -0.387 e. The summed E-state index contributed by atoms with van der Waals surface area (Å²) >= 11 is 1.61. The maximum absolute atomic E-state index is 11.7. The van der Waals surface area contributed by atoms with Crippen molar-refractivity contribution in [2.45, 2.75) is 6.10 Å². The number of hydrogen-bond donors (Lipinski definition) is 3. The Morgan fingerprint density at radius 2 is 1.92 bits per heavy atom. The van der Waals surface area contributed by atoms with Gasteiger partial charge >= 0.3 is 11.8 Å². The quantitative estimate of drug-likeness (QED) is 0.607. The van der Waals surface area contributed by atoms with E-state index in [1.165, 1.54) is 12.3 Å². The molecular weight excluding hydrogens is 342 g/mol. The van der Waals surface area contributed by atoms with E-state index >= 15 is 0 Å². The van der Waals surface area contributed by atoms with Crippen LogP contribution in [0.25, 0.3) is 11.1 Å². The molecule has 25 heavy (non-hydrogen) atoms.